The number of rotatable bonds is 3. The van der Waals surface area contributed by atoms with Gasteiger partial charge < -0.3 is 10.3 Å². The zero-order valence-corrected chi connectivity index (χ0v) is 12.7. The second kappa shape index (κ2) is 5.57. The molecule has 1 atom stereocenters. The maximum Gasteiger partial charge on any atom is 0.256 e. The number of aromatic amines is 1. The van der Waals surface area contributed by atoms with Crippen LogP contribution in [0.3, 0.4) is 0 Å². The Morgan fingerprint density at radius 3 is 2.47 bits per heavy atom. The van der Waals surface area contributed by atoms with Gasteiger partial charge in [0, 0.05) is 10.2 Å². The Bertz CT molecular complexity index is 634. The molecule has 4 nitrogen and oxygen atoms in total. The molecule has 0 aliphatic carbocycles. The molecule has 0 aliphatic heterocycles. The first kappa shape index (κ1) is 13.8. The van der Waals surface area contributed by atoms with E-state index in [1.165, 1.54) is 0 Å². The minimum absolute atomic E-state index is 0.0814. The smallest absolute Gasteiger partial charge is 0.256 e. The highest BCUT2D eigenvalue weighted by Gasteiger charge is 2.14. The molecule has 0 aliphatic rings. The van der Waals surface area contributed by atoms with E-state index in [4.69, 9.17) is 0 Å². The van der Waals surface area contributed by atoms with Crippen LogP contribution in [0.4, 0.5) is 5.69 Å². The van der Waals surface area contributed by atoms with Crippen molar-refractivity contribution >= 4 is 21.6 Å². The highest BCUT2D eigenvalue weighted by Crippen LogP contribution is 2.20. The lowest BCUT2D eigenvalue weighted by molar-refractivity contribution is 0.814. The van der Waals surface area contributed by atoms with E-state index in [0.717, 1.165) is 15.9 Å². The van der Waals surface area contributed by atoms with Crippen LogP contribution in [0.15, 0.2) is 33.5 Å². The molecule has 1 heterocycles. The number of nitrogens with zero attached hydrogens (tertiary/aromatic N) is 1. The summed E-state index contributed by atoms with van der Waals surface area (Å²) in [5.41, 5.74) is 2.32. The van der Waals surface area contributed by atoms with Crippen LogP contribution in [0.2, 0.25) is 0 Å². The molecular formula is C14H16BrN3O. The van der Waals surface area contributed by atoms with Crippen LogP contribution < -0.4 is 10.9 Å². The first-order valence-electron chi connectivity index (χ1n) is 6.07. The number of hydrogen-bond donors (Lipinski definition) is 2. The SMILES string of the molecule is Cc1nc(C)c(C(C)Nc2ccc(Br)cc2)c(=O)[nH]1. The number of aryl methyl sites for hydroxylation is 2. The summed E-state index contributed by atoms with van der Waals surface area (Å²) < 4.78 is 1.02. The average molecular weight is 322 g/mol. The molecule has 5 heteroatoms. The zero-order chi connectivity index (χ0) is 14.0. The molecule has 2 N–H and O–H groups in total. The molecule has 0 saturated heterocycles. The van der Waals surface area contributed by atoms with E-state index < -0.39 is 0 Å². The third-order valence-corrected chi connectivity index (χ3v) is 3.45. The maximum atomic E-state index is 12.0. The summed E-state index contributed by atoms with van der Waals surface area (Å²) in [5, 5.41) is 3.31. The van der Waals surface area contributed by atoms with Crippen LogP contribution in [0.5, 0.6) is 0 Å². The van der Waals surface area contributed by atoms with Crippen LogP contribution >= 0.6 is 15.9 Å². The third-order valence-electron chi connectivity index (χ3n) is 2.92. The summed E-state index contributed by atoms with van der Waals surface area (Å²) in [7, 11) is 0. The van der Waals surface area contributed by atoms with Crippen LogP contribution in [0.1, 0.15) is 30.0 Å². The van der Waals surface area contributed by atoms with Gasteiger partial charge in [-0.1, -0.05) is 15.9 Å². The van der Waals surface area contributed by atoms with Crippen LogP contribution in [0, 0.1) is 13.8 Å². The number of halogens is 1. The number of anilines is 1. The molecule has 19 heavy (non-hydrogen) atoms. The predicted octanol–water partition coefficient (Wildman–Crippen LogP) is 3.32. The van der Waals surface area contributed by atoms with Gasteiger partial charge in [-0.3, -0.25) is 4.79 Å². The van der Waals surface area contributed by atoms with E-state index in [-0.39, 0.29) is 11.6 Å². The van der Waals surface area contributed by atoms with E-state index in [9.17, 15) is 4.79 Å². The molecule has 2 aromatic rings. The van der Waals surface area contributed by atoms with E-state index in [1.807, 2.05) is 38.1 Å². The fraction of sp³-hybridized carbons (Fsp3) is 0.286. The van der Waals surface area contributed by atoms with Gasteiger partial charge in [-0.15, -0.1) is 0 Å². The third kappa shape index (κ3) is 3.23. The largest absolute Gasteiger partial charge is 0.378 e. The van der Waals surface area contributed by atoms with Crippen LogP contribution in [0.25, 0.3) is 0 Å². The lowest BCUT2D eigenvalue weighted by Gasteiger charge is -2.16. The van der Waals surface area contributed by atoms with Crippen molar-refractivity contribution in [2.45, 2.75) is 26.8 Å². The number of nitrogens with one attached hydrogen (secondary N) is 2. The zero-order valence-electron chi connectivity index (χ0n) is 11.1. The molecular weight excluding hydrogens is 306 g/mol. The van der Waals surface area contributed by atoms with Crippen molar-refractivity contribution in [1.29, 1.82) is 0 Å². The van der Waals surface area contributed by atoms with Gasteiger partial charge in [-0.2, -0.15) is 0 Å². The van der Waals surface area contributed by atoms with E-state index >= 15 is 0 Å². The van der Waals surface area contributed by atoms with Crippen molar-refractivity contribution in [3.8, 4) is 0 Å². The summed E-state index contributed by atoms with van der Waals surface area (Å²) in [5.74, 6) is 0.641. The normalized spacial score (nSPS) is 12.2. The van der Waals surface area contributed by atoms with Gasteiger partial charge in [-0.05, 0) is 45.0 Å². The van der Waals surface area contributed by atoms with Gasteiger partial charge >= 0.3 is 0 Å². The number of benzene rings is 1. The van der Waals surface area contributed by atoms with E-state index in [1.54, 1.807) is 6.92 Å². The molecule has 0 saturated carbocycles. The number of H-pyrrole nitrogens is 1. The van der Waals surface area contributed by atoms with Crippen molar-refractivity contribution in [2.75, 3.05) is 5.32 Å². The van der Waals surface area contributed by atoms with Gasteiger partial charge in [0.1, 0.15) is 5.82 Å². The number of aromatic nitrogens is 2. The summed E-state index contributed by atoms with van der Waals surface area (Å²) >= 11 is 3.39. The van der Waals surface area contributed by atoms with Crippen molar-refractivity contribution < 1.29 is 0 Å². The van der Waals surface area contributed by atoms with Gasteiger partial charge in [0.25, 0.3) is 5.56 Å². The predicted molar refractivity (Wildman–Crippen MR) is 80.5 cm³/mol. The average Bonchev–Trinajstić information content (AvgIpc) is 2.30. The van der Waals surface area contributed by atoms with Gasteiger partial charge in [0.05, 0.1) is 17.3 Å². The fourth-order valence-corrected chi connectivity index (χ4v) is 2.38. The van der Waals surface area contributed by atoms with Crippen LogP contribution in [-0.4, -0.2) is 9.97 Å². The summed E-state index contributed by atoms with van der Waals surface area (Å²) in [4.78, 5) is 19.1. The Morgan fingerprint density at radius 1 is 1.26 bits per heavy atom. The molecule has 1 unspecified atom stereocenters. The Kier molecular flexibility index (Phi) is 4.04. The molecule has 1 aromatic carbocycles. The Labute approximate surface area is 120 Å². The molecule has 0 fully saturated rings. The Morgan fingerprint density at radius 2 is 1.89 bits per heavy atom. The molecule has 0 radical (unpaired) electrons. The highest BCUT2D eigenvalue weighted by molar-refractivity contribution is 9.10. The quantitative estimate of drug-likeness (QED) is 0.911. The monoisotopic (exact) mass is 321 g/mol. The first-order chi connectivity index (χ1) is 8.97. The van der Waals surface area contributed by atoms with Crippen molar-refractivity contribution in [2.24, 2.45) is 0 Å². The molecule has 0 bridgehead atoms. The molecule has 0 amide bonds. The maximum absolute atomic E-state index is 12.0. The van der Waals surface area contributed by atoms with E-state index in [0.29, 0.717) is 11.4 Å². The second-order valence-electron chi connectivity index (χ2n) is 4.52. The number of hydrogen-bond acceptors (Lipinski definition) is 3. The van der Waals surface area contributed by atoms with Gasteiger partial charge in [-0.25, -0.2) is 4.98 Å². The van der Waals surface area contributed by atoms with Gasteiger partial charge in [0.2, 0.25) is 0 Å². The highest BCUT2D eigenvalue weighted by atomic mass is 79.9. The van der Waals surface area contributed by atoms with Crippen LogP contribution in [-0.2, 0) is 0 Å². The van der Waals surface area contributed by atoms with E-state index in [2.05, 4.69) is 31.2 Å². The second-order valence-corrected chi connectivity index (χ2v) is 5.44. The molecule has 100 valence electrons. The Hall–Kier alpha value is -1.62. The lowest BCUT2D eigenvalue weighted by Crippen LogP contribution is -2.23. The topological polar surface area (TPSA) is 57.8 Å². The van der Waals surface area contributed by atoms with Crippen molar-refractivity contribution in [1.82, 2.24) is 9.97 Å². The minimum atomic E-state index is -0.0991. The van der Waals surface area contributed by atoms with Crippen molar-refractivity contribution in [3.63, 3.8) is 0 Å². The molecule has 2 rings (SSSR count). The Balaban J connectivity index is 2.27. The lowest BCUT2D eigenvalue weighted by atomic mass is 10.1. The first-order valence-corrected chi connectivity index (χ1v) is 6.86. The fourth-order valence-electron chi connectivity index (χ4n) is 2.11. The summed E-state index contributed by atoms with van der Waals surface area (Å²) in [6.07, 6.45) is 0. The van der Waals surface area contributed by atoms with Crippen molar-refractivity contribution in [3.05, 3.63) is 56.2 Å². The minimum Gasteiger partial charge on any atom is -0.378 e. The standard InChI is InChI=1S/C14H16BrN3O/c1-8-13(14(19)18-10(3)16-8)9(2)17-12-6-4-11(15)5-7-12/h4-7,9,17H,1-3H3,(H,16,18,19). The summed E-state index contributed by atoms with van der Waals surface area (Å²) in [6, 6.07) is 7.74. The van der Waals surface area contributed by atoms with Gasteiger partial charge in [0.15, 0.2) is 0 Å². The molecule has 0 spiro atoms. The summed E-state index contributed by atoms with van der Waals surface area (Å²) in [6.45, 7) is 5.60. The molecule has 1 aromatic heterocycles.